The Bertz CT molecular complexity index is 855. The molecule has 0 spiro atoms. The van der Waals surface area contributed by atoms with E-state index in [1.165, 1.54) is 10.8 Å². The molecule has 0 aliphatic carbocycles. The van der Waals surface area contributed by atoms with Crippen LogP contribution < -0.4 is 4.74 Å². The van der Waals surface area contributed by atoms with Crippen molar-refractivity contribution in [2.24, 2.45) is 0 Å². The SMILES string of the molecule is C#CCC(C)n1c2cc(OC)ccc2c2ccnc(C)c21. The lowest BCUT2D eigenvalue weighted by Crippen LogP contribution is -2.05. The van der Waals surface area contributed by atoms with Crippen LogP contribution >= 0.6 is 0 Å². The van der Waals surface area contributed by atoms with E-state index in [1.807, 2.05) is 19.2 Å². The minimum absolute atomic E-state index is 0.213. The Morgan fingerprint density at radius 2 is 2.14 bits per heavy atom. The summed E-state index contributed by atoms with van der Waals surface area (Å²) in [6.45, 7) is 4.18. The van der Waals surface area contributed by atoms with E-state index in [0.29, 0.717) is 6.42 Å². The summed E-state index contributed by atoms with van der Waals surface area (Å²) in [5, 5.41) is 2.42. The topological polar surface area (TPSA) is 27.1 Å². The molecular weight excluding hydrogens is 260 g/mol. The molecule has 21 heavy (non-hydrogen) atoms. The van der Waals surface area contributed by atoms with Crippen molar-refractivity contribution in [3.63, 3.8) is 0 Å². The number of nitrogens with zero attached hydrogens (tertiary/aromatic N) is 2. The zero-order valence-corrected chi connectivity index (χ0v) is 12.6. The molecule has 0 bridgehead atoms. The molecule has 0 fully saturated rings. The number of aromatic nitrogens is 2. The quantitative estimate of drug-likeness (QED) is 0.675. The molecule has 3 rings (SSSR count). The first-order chi connectivity index (χ1) is 10.2. The number of benzene rings is 1. The average Bonchev–Trinajstić information content (AvgIpc) is 2.82. The normalized spacial score (nSPS) is 12.5. The van der Waals surface area contributed by atoms with E-state index in [-0.39, 0.29) is 6.04 Å². The van der Waals surface area contributed by atoms with Crippen LogP contribution in [0.5, 0.6) is 5.75 Å². The summed E-state index contributed by atoms with van der Waals surface area (Å²) in [5.74, 6) is 3.61. The van der Waals surface area contributed by atoms with Crippen molar-refractivity contribution in [1.29, 1.82) is 0 Å². The van der Waals surface area contributed by atoms with Crippen LogP contribution in [-0.2, 0) is 0 Å². The molecule has 0 N–H and O–H groups in total. The molecule has 0 amide bonds. The molecule has 0 aliphatic heterocycles. The molecule has 3 aromatic rings. The third kappa shape index (κ3) is 2.04. The summed E-state index contributed by atoms with van der Waals surface area (Å²) in [6.07, 6.45) is 8.06. The highest BCUT2D eigenvalue weighted by molar-refractivity contribution is 6.09. The lowest BCUT2D eigenvalue weighted by atomic mass is 10.1. The van der Waals surface area contributed by atoms with Gasteiger partial charge in [0.15, 0.2) is 0 Å². The number of hydrogen-bond donors (Lipinski definition) is 0. The molecule has 3 nitrogen and oxygen atoms in total. The second kappa shape index (κ2) is 5.14. The van der Waals surface area contributed by atoms with Crippen LogP contribution in [0.25, 0.3) is 21.8 Å². The summed E-state index contributed by atoms with van der Waals surface area (Å²) >= 11 is 0. The molecule has 0 saturated heterocycles. The fourth-order valence-corrected chi connectivity index (χ4v) is 2.99. The summed E-state index contributed by atoms with van der Waals surface area (Å²) in [6, 6.07) is 8.45. The Labute approximate surface area is 124 Å². The largest absolute Gasteiger partial charge is 0.497 e. The molecular formula is C18H18N2O. The van der Waals surface area contributed by atoms with Gasteiger partial charge in [-0.15, -0.1) is 12.3 Å². The molecule has 2 heterocycles. The van der Waals surface area contributed by atoms with Crippen LogP contribution in [0.4, 0.5) is 0 Å². The number of fused-ring (bicyclic) bond motifs is 3. The van der Waals surface area contributed by atoms with Crippen molar-refractivity contribution in [2.75, 3.05) is 7.11 Å². The first kappa shape index (κ1) is 13.5. The van der Waals surface area contributed by atoms with Gasteiger partial charge in [0.1, 0.15) is 5.75 Å². The highest BCUT2D eigenvalue weighted by Gasteiger charge is 2.17. The monoisotopic (exact) mass is 278 g/mol. The van der Waals surface area contributed by atoms with Crippen molar-refractivity contribution in [2.45, 2.75) is 26.3 Å². The van der Waals surface area contributed by atoms with Gasteiger partial charge in [-0.05, 0) is 32.0 Å². The Hall–Kier alpha value is -2.47. The molecule has 0 saturated carbocycles. The Balaban J connectivity index is 2.45. The average molecular weight is 278 g/mol. The van der Waals surface area contributed by atoms with Gasteiger partial charge >= 0.3 is 0 Å². The standard InChI is InChI=1S/C18H18N2O/c1-5-6-12(2)20-17-11-14(21-4)7-8-15(17)16-9-10-19-13(3)18(16)20/h1,7-12H,6H2,2-4H3. The van der Waals surface area contributed by atoms with Crippen LogP contribution in [0, 0.1) is 19.3 Å². The molecule has 1 atom stereocenters. The second-order valence-corrected chi connectivity index (χ2v) is 5.30. The van der Waals surface area contributed by atoms with Gasteiger partial charge in [0.05, 0.1) is 23.8 Å². The van der Waals surface area contributed by atoms with Crippen LogP contribution in [-0.4, -0.2) is 16.7 Å². The Morgan fingerprint density at radius 3 is 2.86 bits per heavy atom. The molecule has 1 aromatic carbocycles. The summed E-state index contributed by atoms with van der Waals surface area (Å²) < 4.78 is 7.66. The number of hydrogen-bond acceptors (Lipinski definition) is 2. The summed E-state index contributed by atoms with van der Waals surface area (Å²) in [5.41, 5.74) is 3.32. The first-order valence-electron chi connectivity index (χ1n) is 7.04. The van der Waals surface area contributed by atoms with Gasteiger partial charge in [0.2, 0.25) is 0 Å². The van der Waals surface area contributed by atoms with Crippen molar-refractivity contribution in [3.8, 4) is 18.1 Å². The predicted molar refractivity (Wildman–Crippen MR) is 86.7 cm³/mol. The van der Waals surface area contributed by atoms with Gasteiger partial charge in [-0.25, -0.2) is 0 Å². The molecule has 3 heteroatoms. The minimum atomic E-state index is 0.213. The molecule has 2 aromatic heterocycles. The third-order valence-corrected chi connectivity index (χ3v) is 3.96. The maximum absolute atomic E-state index is 5.51. The van der Waals surface area contributed by atoms with E-state index < -0.39 is 0 Å². The van der Waals surface area contributed by atoms with Crippen molar-refractivity contribution in [1.82, 2.24) is 9.55 Å². The predicted octanol–water partition coefficient (Wildman–Crippen LogP) is 4.09. The minimum Gasteiger partial charge on any atom is -0.497 e. The van der Waals surface area contributed by atoms with E-state index in [0.717, 1.165) is 22.5 Å². The van der Waals surface area contributed by atoms with Gasteiger partial charge in [0, 0.05) is 35.5 Å². The van der Waals surface area contributed by atoms with E-state index >= 15 is 0 Å². The maximum Gasteiger partial charge on any atom is 0.120 e. The maximum atomic E-state index is 5.51. The van der Waals surface area contributed by atoms with Gasteiger partial charge in [-0.1, -0.05) is 0 Å². The molecule has 0 radical (unpaired) electrons. The smallest absolute Gasteiger partial charge is 0.120 e. The van der Waals surface area contributed by atoms with E-state index in [4.69, 9.17) is 11.2 Å². The third-order valence-electron chi connectivity index (χ3n) is 3.96. The fourth-order valence-electron chi connectivity index (χ4n) is 2.99. The second-order valence-electron chi connectivity index (χ2n) is 5.30. The van der Waals surface area contributed by atoms with Crippen LogP contribution in [0.1, 0.15) is 25.1 Å². The van der Waals surface area contributed by atoms with Crippen LogP contribution in [0.3, 0.4) is 0 Å². The molecule has 106 valence electrons. The zero-order chi connectivity index (χ0) is 15.0. The number of pyridine rings is 1. The Morgan fingerprint density at radius 1 is 1.33 bits per heavy atom. The number of ether oxygens (including phenoxy) is 1. The van der Waals surface area contributed by atoms with E-state index in [9.17, 15) is 0 Å². The fraction of sp³-hybridized carbons (Fsp3) is 0.278. The van der Waals surface area contributed by atoms with Gasteiger partial charge in [0.25, 0.3) is 0 Å². The number of rotatable bonds is 3. The first-order valence-corrected chi connectivity index (χ1v) is 7.04. The number of terminal acetylenes is 1. The summed E-state index contributed by atoms with van der Waals surface area (Å²) in [4.78, 5) is 4.44. The zero-order valence-electron chi connectivity index (χ0n) is 12.6. The highest BCUT2D eigenvalue weighted by atomic mass is 16.5. The van der Waals surface area contributed by atoms with Gasteiger partial charge < -0.3 is 9.30 Å². The van der Waals surface area contributed by atoms with Crippen molar-refractivity contribution >= 4 is 21.8 Å². The van der Waals surface area contributed by atoms with Crippen molar-refractivity contribution < 1.29 is 4.74 Å². The number of methoxy groups -OCH3 is 1. The lowest BCUT2D eigenvalue weighted by molar-refractivity contribution is 0.415. The molecule has 1 unspecified atom stereocenters. The highest BCUT2D eigenvalue weighted by Crippen LogP contribution is 2.35. The molecule has 0 aliphatic rings. The van der Waals surface area contributed by atoms with E-state index in [1.54, 1.807) is 7.11 Å². The van der Waals surface area contributed by atoms with Crippen molar-refractivity contribution in [3.05, 3.63) is 36.2 Å². The number of aryl methyl sites for hydroxylation is 1. The van der Waals surface area contributed by atoms with E-state index in [2.05, 4.69) is 40.6 Å². The van der Waals surface area contributed by atoms with Crippen LogP contribution in [0.2, 0.25) is 0 Å². The van der Waals surface area contributed by atoms with Gasteiger partial charge in [-0.2, -0.15) is 0 Å². The summed E-state index contributed by atoms with van der Waals surface area (Å²) in [7, 11) is 1.69. The van der Waals surface area contributed by atoms with Gasteiger partial charge in [-0.3, -0.25) is 4.98 Å². The lowest BCUT2D eigenvalue weighted by Gasteiger charge is -2.15. The Kier molecular flexibility index (Phi) is 3.31. The van der Waals surface area contributed by atoms with Crippen LogP contribution in [0.15, 0.2) is 30.5 Å².